The van der Waals surface area contributed by atoms with Crippen LogP contribution in [0.1, 0.15) is 12.8 Å². The van der Waals surface area contributed by atoms with Crippen molar-refractivity contribution in [3.8, 4) is 0 Å². The molecule has 0 aromatic carbocycles. The smallest absolute Gasteiger partial charge is 0.188 e. The molecule has 0 bridgehead atoms. The molecule has 0 amide bonds. The minimum Gasteiger partial charge on any atom is -0.476 e. The lowest BCUT2D eigenvalue weighted by atomic mass is 10.2. The summed E-state index contributed by atoms with van der Waals surface area (Å²) in [4.78, 5) is 2.18. The van der Waals surface area contributed by atoms with Gasteiger partial charge in [-0.3, -0.25) is 0 Å². The molecule has 0 aliphatic carbocycles. The Hall–Kier alpha value is -0.880. The third kappa shape index (κ3) is 9.97. The molecule has 0 aliphatic heterocycles. The number of hydrogen-bond acceptors (Lipinski definition) is 5. The summed E-state index contributed by atoms with van der Waals surface area (Å²) in [6.45, 7) is 9.50. The van der Waals surface area contributed by atoms with Crippen LogP contribution in [0.3, 0.4) is 0 Å². The molecule has 20 heavy (non-hydrogen) atoms. The van der Waals surface area contributed by atoms with Crippen molar-refractivity contribution in [2.24, 2.45) is 0 Å². The van der Waals surface area contributed by atoms with Crippen LogP contribution in [0, 0.1) is 0 Å². The monoisotopic (exact) mass is 287 g/mol. The van der Waals surface area contributed by atoms with Gasteiger partial charge in [0.25, 0.3) is 0 Å². The highest BCUT2D eigenvalue weighted by Crippen LogP contribution is 2.05. The van der Waals surface area contributed by atoms with Crippen molar-refractivity contribution in [3.63, 3.8) is 0 Å². The second-order valence-corrected chi connectivity index (χ2v) is 4.62. The fraction of sp³-hybridized carbons (Fsp3) is 0.733. The number of rotatable bonds is 14. The first-order chi connectivity index (χ1) is 9.67. The maximum absolute atomic E-state index is 5.46. The van der Waals surface area contributed by atoms with Gasteiger partial charge in [0, 0.05) is 27.3 Å². The molecule has 5 heteroatoms. The molecule has 0 radical (unpaired) electrons. The number of methoxy groups -OCH3 is 2. The van der Waals surface area contributed by atoms with Gasteiger partial charge in [0.15, 0.2) is 6.79 Å². The molecule has 0 rings (SSSR count). The molecule has 0 aromatic heterocycles. The van der Waals surface area contributed by atoms with E-state index in [1.807, 2.05) is 13.1 Å². The number of likely N-dealkylation sites (N-methyl/N-ethyl adjacent to an activating group) is 1. The van der Waals surface area contributed by atoms with Gasteiger partial charge in [-0.05, 0) is 19.9 Å². The van der Waals surface area contributed by atoms with Crippen molar-refractivity contribution < 1.29 is 18.9 Å². The minimum absolute atomic E-state index is 0.00493. The van der Waals surface area contributed by atoms with Crippen LogP contribution in [0.2, 0.25) is 0 Å². The molecule has 0 fully saturated rings. The van der Waals surface area contributed by atoms with Gasteiger partial charge in [0.05, 0.1) is 25.1 Å². The number of ether oxygens (including phenoxy) is 4. The Morgan fingerprint density at radius 1 is 1.10 bits per heavy atom. The zero-order valence-corrected chi connectivity index (χ0v) is 13.0. The highest BCUT2D eigenvalue weighted by Gasteiger charge is 2.15. The molecule has 118 valence electrons. The van der Waals surface area contributed by atoms with Crippen LogP contribution >= 0.6 is 0 Å². The van der Waals surface area contributed by atoms with Crippen molar-refractivity contribution in [2.75, 3.05) is 47.8 Å². The van der Waals surface area contributed by atoms with Crippen LogP contribution < -0.4 is 0 Å². The summed E-state index contributed by atoms with van der Waals surface area (Å²) < 4.78 is 21.1. The maximum atomic E-state index is 5.46. The third-order valence-corrected chi connectivity index (χ3v) is 2.96. The van der Waals surface area contributed by atoms with Crippen molar-refractivity contribution in [1.82, 2.24) is 4.90 Å². The molecule has 0 saturated heterocycles. The van der Waals surface area contributed by atoms with E-state index >= 15 is 0 Å². The topological polar surface area (TPSA) is 40.2 Å². The predicted octanol–water partition coefficient (Wildman–Crippen LogP) is 2.05. The summed E-state index contributed by atoms with van der Waals surface area (Å²) in [5.74, 6) is 0. The van der Waals surface area contributed by atoms with Crippen molar-refractivity contribution in [2.45, 2.75) is 25.0 Å². The predicted molar refractivity (Wildman–Crippen MR) is 80.6 cm³/mol. The average molecular weight is 287 g/mol. The van der Waals surface area contributed by atoms with Gasteiger partial charge in [0.1, 0.15) is 0 Å². The Kier molecular flexibility index (Phi) is 12.5. The Labute approximate surface area is 123 Å². The molecule has 0 heterocycles. The Balaban J connectivity index is 3.95. The Morgan fingerprint density at radius 2 is 1.75 bits per heavy atom. The van der Waals surface area contributed by atoms with Crippen LogP contribution in [0.15, 0.2) is 25.5 Å². The summed E-state index contributed by atoms with van der Waals surface area (Å²) in [6, 6.07) is 0. The number of nitrogens with zero attached hydrogens (tertiary/aromatic N) is 1. The van der Waals surface area contributed by atoms with E-state index in [1.54, 1.807) is 14.2 Å². The van der Waals surface area contributed by atoms with Crippen LogP contribution in [-0.2, 0) is 18.9 Å². The lowest BCUT2D eigenvalue weighted by Crippen LogP contribution is -2.38. The molecular weight excluding hydrogens is 258 g/mol. The summed E-state index contributed by atoms with van der Waals surface area (Å²) >= 11 is 0. The van der Waals surface area contributed by atoms with E-state index in [9.17, 15) is 0 Å². The van der Waals surface area contributed by atoms with Crippen LogP contribution in [0.4, 0.5) is 0 Å². The van der Waals surface area contributed by atoms with E-state index in [0.29, 0.717) is 6.61 Å². The molecular formula is C15H29NO4. The van der Waals surface area contributed by atoms with E-state index in [2.05, 4.69) is 18.1 Å². The molecule has 2 unspecified atom stereocenters. The largest absolute Gasteiger partial charge is 0.476 e. The first-order valence-electron chi connectivity index (χ1n) is 6.83. The summed E-state index contributed by atoms with van der Waals surface area (Å²) in [5.41, 5.74) is 0. The van der Waals surface area contributed by atoms with Crippen molar-refractivity contribution >= 4 is 0 Å². The Bertz CT molecular complexity index is 248. The van der Waals surface area contributed by atoms with E-state index in [4.69, 9.17) is 18.9 Å². The maximum Gasteiger partial charge on any atom is 0.188 e. The first kappa shape index (κ1) is 19.1. The Morgan fingerprint density at radius 3 is 2.30 bits per heavy atom. The van der Waals surface area contributed by atoms with Gasteiger partial charge in [0.2, 0.25) is 0 Å². The lowest BCUT2D eigenvalue weighted by Gasteiger charge is -2.26. The van der Waals surface area contributed by atoms with Crippen LogP contribution in [-0.4, -0.2) is 64.9 Å². The fourth-order valence-corrected chi connectivity index (χ4v) is 1.83. The summed E-state index contributed by atoms with van der Waals surface area (Å²) in [6.07, 6.45) is 5.42. The summed E-state index contributed by atoms with van der Waals surface area (Å²) in [5, 5.41) is 0. The highest BCUT2D eigenvalue weighted by molar-refractivity contribution is 4.73. The zero-order valence-electron chi connectivity index (χ0n) is 13.0. The molecule has 0 spiro atoms. The number of hydrogen-bond donors (Lipinski definition) is 0. The third-order valence-electron chi connectivity index (χ3n) is 2.96. The molecule has 0 aliphatic rings. The van der Waals surface area contributed by atoms with Crippen molar-refractivity contribution in [3.05, 3.63) is 25.5 Å². The fourth-order valence-electron chi connectivity index (χ4n) is 1.83. The molecule has 0 N–H and O–H groups in total. The molecule has 5 nitrogen and oxygen atoms in total. The van der Waals surface area contributed by atoms with Crippen LogP contribution in [0.25, 0.3) is 0 Å². The van der Waals surface area contributed by atoms with E-state index in [-0.39, 0.29) is 19.0 Å². The van der Waals surface area contributed by atoms with Gasteiger partial charge in [-0.2, -0.15) is 0 Å². The van der Waals surface area contributed by atoms with Gasteiger partial charge in [-0.15, -0.1) is 6.58 Å². The normalized spacial score (nSPS) is 14.0. The lowest BCUT2D eigenvalue weighted by molar-refractivity contribution is -0.0662. The quantitative estimate of drug-likeness (QED) is 0.212. The van der Waals surface area contributed by atoms with E-state index < -0.39 is 0 Å². The van der Waals surface area contributed by atoms with Crippen molar-refractivity contribution in [1.29, 1.82) is 0 Å². The molecule has 2 atom stereocenters. The average Bonchev–Trinajstić information content (AvgIpc) is 2.46. The van der Waals surface area contributed by atoms with E-state index in [1.165, 1.54) is 6.26 Å². The van der Waals surface area contributed by atoms with E-state index in [0.717, 1.165) is 25.9 Å². The summed E-state index contributed by atoms with van der Waals surface area (Å²) in [7, 11) is 5.47. The number of allylic oxidation sites excluding steroid dienone is 1. The second kappa shape index (κ2) is 13.1. The standard InChI is InChI=1S/C15H29NO4/c1-6-8-9-14(17-4)10-16(3)11-15(18-5)12-20-13-19-7-2/h6-7,14-15H,1-2,8-13H2,3-5H3. The molecule has 0 aromatic rings. The SMILES string of the molecule is C=CCCC(CN(C)CC(COCOC=C)OC)OC. The highest BCUT2D eigenvalue weighted by atomic mass is 16.7. The van der Waals surface area contributed by atoms with Gasteiger partial charge < -0.3 is 23.8 Å². The second-order valence-electron chi connectivity index (χ2n) is 4.62. The van der Waals surface area contributed by atoms with Gasteiger partial charge in [-0.1, -0.05) is 12.7 Å². The van der Waals surface area contributed by atoms with Gasteiger partial charge in [-0.25, -0.2) is 0 Å². The van der Waals surface area contributed by atoms with Gasteiger partial charge >= 0.3 is 0 Å². The zero-order chi connectivity index (χ0) is 15.2. The van der Waals surface area contributed by atoms with Crippen LogP contribution in [0.5, 0.6) is 0 Å². The minimum atomic E-state index is 0.00493. The first-order valence-corrected chi connectivity index (χ1v) is 6.83. The molecule has 0 saturated carbocycles.